The van der Waals surface area contributed by atoms with Crippen molar-refractivity contribution < 1.29 is 29.2 Å². The van der Waals surface area contributed by atoms with Crippen LogP contribution in [-0.4, -0.2) is 30.4 Å². The Kier molecular flexibility index (Phi) is 4.40. The van der Waals surface area contributed by atoms with Gasteiger partial charge in [-0.1, -0.05) is 17.3 Å². The molecule has 0 aliphatic carbocycles. The van der Waals surface area contributed by atoms with Gasteiger partial charge in [-0.15, -0.1) is 0 Å². The van der Waals surface area contributed by atoms with Crippen LogP contribution < -0.4 is 0 Å². The number of rotatable bonds is 5. The molecule has 10 heteroatoms. The Morgan fingerprint density at radius 1 is 1.15 bits per heavy atom. The van der Waals surface area contributed by atoms with Crippen LogP contribution in [0.25, 0.3) is 11.5 Å². The Hall–Kier alpha value is -3.69. The van der Waals surface area contributed by atoms with Crippen molar-refractivity contribution in [2.24, 2.45) is 0 Å². The molecule has 0 aliphatic heterocycles. The molecule has 0 aliphatic rings. The van der Waals surface area contributed by atoms with Crippen LogP contribution in [-0.2, 0) is 12.8 Å². The molecular formula is C16H12FN3O6. The number of hydrogen-bond donors (Lipinski definition) is 3. The number of nitrogens with zero attached hydrogens (tertiary/aromatic N) is 3. The average molecular weight is 361 g/mol. The Morgan fingerprint density at radius 2 is 1.92 bits per heavy atom. The first-order chi connectivity index (χ1) is 12.4. The van der Waals surface area contributed by atoms with E-state index in [4.69, 9.17) is 4.52 Å². The molecule has 1 aromatic heterocycles. The largest absolute Gasteiger partial charge is 0.505 e. The molecule has 0 unspecified atom stereocenters. The highest BCUT2D eigenvalue weighted by Crippen LogP contribution is 2.38. The third-order valence-electron chi connectivity index (χ3n) is 3.67. The topological polar surface area (TPSA) is 143 Å². The SMILES string of the molecule is O=[N+]([O-])c1cc(-c2nc(CCc3cccc(F)c3O)no2)cc(O)c1O. The van der Waals surface area contributed by atoms with E-state index >= 15 is 0 Å². The van der Waals surface area contributed by atoms with E-state index in [1.807, 2.05) is 0 Å². The van der Waals surface area contributed by atoms with Crippen molar-refractivity contribution >= 4 is 5.69 Å². The molecule has 0 amide bonds. The van der Waals surface area contributed by atoms with E-state index in [0.717, 1.165) is 18.2 Å². The summed E-state index contributed by atoms with van der Waals surface area (Å²) in [5.41, 5.74) is -0.280. The molecule has 0 fully saturated rings. The maximum absolute atomic E-state index is 13.3. The quantitative estimate of drug-likeness (QED) is 0.357. The summed E-state index contributed by atoms with van der Waals surface area (Å²) < 4.78 is 18.3. The lowest BCUT2D eigenvalue weighted by Gasteiger charge is -2.03. The van der Waals surface area contributed by atoms with E-state index < -0.39 is 33.7 Å². The fourth-order valence-corrected chi connectivity index (χ4v) is 2.35. The van der Waals surface area contributed by atoms with Crippen molar-refractivity contribution in [3.63, 3.8) is 0 Å². The van der Waals surface area contributed by atoms with Crippen LogP contribution in [0.1, 0.15) is 11.4 Å². The Morgan fingerprint density at radius 3 is 2.65 bits per heavy atom. The minimum atomic E-state index is -0.861. The van der Waals surface area contributed by atoms with Crippen LogP contribution in [0.2, 0.25) is 0 Å². The first kappa shape index (κ1) is 17.1. The predicted molar refractivity (Wildman–Crippen MR) is 85.2 cm³/mol. The highest BCUT2D eigenvalue weighted by atomic mass is 19.1. The third kappa shape index (κ3) is 3.24. The Labute approximate surface area is 145 Å². The molecule has 0 bridgehead atoms. The van der Waals surface area contributed by atoms with Gasteiger partial charge in [0.15, 0.2) is 23.1 Å². The second-order valence-corrected chi connectivity index (χ2v) is 5.38. The number of benzene rings is 2. The zero-order chi connectivity index (χ0) is 18.8. The van der Waals surface area contributed by atoms with E-state index in [0.29, 0.717) is 5.56 Å². The molecule has 1 heterocycles. The summed E-state index contributed by atoms with van der Waals surface area (Å²) in [7, 11) is 0. The number of aromatic hydroxyl groups is 3. The lowest BCUT2D eigenvalue weighted by molar-refractivity contribution is -0.385. The summed E-state index contributed by atoms with van der Waals surface area (Å²) in [5, 5.41) is 43.3. The molecule has 0 atom stereocenters. The molecule has 0 saturated carbocycles. The van der Waals surface area contributed by atoms with Gasteiger partial charge in [0.1, 0.15) is 0 Å². The molecule has 3 aromatic rings. The molecular weight excluding hydrogens is 349 g/mol. The number of phenols is 3. The summed E-state index contributed by atoms with van der Waals surface area (Å²) in [6.07, 6.45) is 0.455. The lowest BCUT2D eigenvalue weighted by atomic mass is 10.1. The number of hydrogen-bond acceptors (Lipinski definition) is 8. The van der Waals surface area contributed by atoms with Gasteiger partial charge in [-0.25, -0.2) is 4.39 Å². The van der Waals surface area contributed by atoms with Crippen molar-refractivity contribution in [1.29, 1.82) is 0 Å². The maximum atomic E-state index is 13.3. The van der Waals surface area contributed by atoms with Crippen molar-refractivity contribution in [3.8, 4) is 28.7 Å². The number of phenolic OH excluding ortho intramolecular Hbond substituents is 3. The number of halogens is 1. The molecule has 3 rings (SSSR count). The van der Waals surface area contributed by atoms with E-state index in [-0.39, 0.29) is 30.1 Å². The van der Waals surface area contributed by atoms with Gasteiger partial charge in [0.25, 0.3) is 5.89 Å². The van der Waals surface area contributed by atoms with Gasteiger partial charge in [0.2, 0.25) is 5.75 Å². The van der Waals surface area contributed by atoms with Crippen LogP contribution in [0, 0.1) is 15.9 Å². The molecule has 0 saturated heterocycles. The highest BCUT2D eigenvalue weighted by Gasteiger charge is 2.22. The highest BCUT2D eigenvalue weighted by molar-refractivity contribution is 5.67. The van der Waals surface area contributed by atoms with E-state index in [1.54, 1.807) is 6.07 Å². The molecule has 9 nitrogen and oxygen atoms in total. The van der Waals surface area contributed by atoms with Crippen LogP contribution in [0.5, 0.6) is 17.2 Å². The van der Waals surface area contributed by atoms with Gasteiger partial charge in [-0.2, -0.15) is 4.98 Å². The van der Waals surface area contributed by atoms with E-state index in [1.165, 1.54) is 6.07 Å². The van der Waals surface area contributed by atoms with Gasteiger partial charge < -0.3 is 19.8 Å². The summed E-state index contributed by atoms with van der Waals surface area (Å²) in [5.74, 6) is -2.61. The zero-order valence-corrected chi connectivity index (χ0v) is 13.1. The van der Waals surface area contributed by atoms with Crippen molar-refractivity contribution in [2.45, 2.75) is 12.8 Å². The van der Waals surface area contributed by atoms with Gasteiger partial charge in [0, 0.05) is 12.5 Å². The van der Waals surface area contributed by atoms with Crippen LogP contribution in [0.3, 0.4) is 0 Å². The first-order valence-electron chi connectivity index (χ1n) is 7.36. The summed E-state index contributed by atoms with van der Waals surface area (Å²) >= 11 is 0. The zero-order valence-electron chi connectivity index (χ0n) is 13.1. The van der Waals surface area contributed by atoms with Crippen molar-refractivity contribution in [3.05, 3.63) is 57.7 Å². The smallest absolute Gasteiger partial charge is 0.315 e. The summed E-state index contributed by atoms with van der Waals surface area (Å²) in [6.45, 7) is 0. The normalized spacial score (nSPS) is 10.8. The van der Waals surface area contributed by atoms with Gasteiger partial charge in [0.05, 0.1) is 10.5 Å². The third-order valence-corrected chi connectivity index (χ3v) is 3.67. The predicted octanol–water partition coefficient (Wildman–Crippen LogP) is 2.69. The van der Waals surface area contributed by atoms with Crippen LogP contribution in [0.4, 0.5) is 10.1 Å². The molecule has 134 valence electrons. The van der Waals surface area contributed by atoms with Gasteiger partial charge in [-0.05, 0) is 24.1 Å². The number of para-hydroxylation sites is 1. The second kappa shape index (κ2) is 6.67. The number of nitro benzene ring substituents is 1. The molecule has 0 spiro atoms. The minimum Gasteiger partial charge on any atom is -0.505 e. The number of aryl methyl sites for hydroxylation is 2. The summed E-state index contributed by atoms with van der Waals surface area (Å²) in [4.78, 5) is 14.1. The monoisotopic (exact) mass is 361 g/mol. The van der Waals surface area contributed by atoms with Crippen molar-refractivity contribution in [2.75, 3.05) is 0 Å². The van der Waals surface area contributed by atoms with E-state index in [9.17, 15) is 29.8 Å². The number of nitro groups is 1. The first-order valence-corrected chi connectivity index (χ1v) is 7.36. The minimum absolute atomic E-state index is 0.0550. The van der Waals surface area contributed by atoms with Crippen LogP contribution in [0.15, 0.2) is 34.9 Å². The Bertz CT molecular complexity index is 988. The molecule has 3 N–H and O–H groups in total. The standard InChI is InChI=1S/C16H12FN3O6/c17-10-3-1-2-8(14(10)22)4-5-13-18-16(26-19-13)9-6-11(20(24)25)15(23)12(21)7-9/h1-3,6-7,21-23H,4-5H2. The van der Waals surface area contributed by atoms with Crippen molar-refractivity contribution in [1.82, 2.24) is 10.1 Å². The Balaban J connectivity index is 1.82. The van der Waals surface area contributed by atoms with Crippen LogP contribution >= 0.6 is 0 Å². The van der Waals surface area contributed by atoms with E-state index in [2.05, 4.69) is 10.1 Å². The maximum Gasteiger partial charge on any atom is 0.315 e. The average Bonchev–Trinajstić information content (AvgIpc) is 3.07. The fourth-order valence-electron chi connectivity index (χ4n) is 2.35. The summed E-state index contributed by atoms with van der Waals surface area (Å²) in [6, 6.07) is 6.20. The fraction of sp³-hybridized carbons (Fsp3) is 0.125. The molecule has 26 heavy (non-hydrogen) atoms. The molecule has 2 aromatic carbocycles. The molecule has 0 radical (unpaired) electrons. The lowest BCUT2D eigenvalue weighted by Crippen LogP contribution is -1.95. The van der Waals surface area contributed by atoms with Gasteiger partial charge in [-0.3, -0.25) is 10.1 Å². The second-order valence-electron chi connectivity index (χ2n) is 5.38. The number of aromatic nitrogens is 2. The van der Waals surface area contributed by atoms with Gasteiger partial charge >= 0.3 is 5.69 Å².